The van der Waals surface area contributed by atoms with Crippen LogP contribution in [0.25, 0.3) is 0 Å². The molecule has 29 heavy (non-hydrogen) atoms. The number of piperidine rings is 2. The van der Waals surface area contributed by atoms with E-state index >= 15 is 0 Å². The van der Waals surface area contributed by atoms with Gasteiger partial charge in [-0.15, -0.1) is 0 Å². The van der Waals surface area contributed by atoms with Crippen LogP contribution in [-0.4, -0.2) is 109 Å². The molecule has 3 rings (SSSR count). The number of hydrogen-bond acceptors (Lipinski definition) is 8. The summed E-state index contributed by atoms with van der Waals surface area (Å²) in [5.74, 6) is -0.194. The molecule has 3 unspecified atom stereocenters. The van der Waals surface area contributed by atoms with Gasteiger partial charge in [-0.05, 0) is 45.2 Å². The Morgan fingerprint density at radius 1 is 1.07 bits per heavy atom. The van der Waals surface area contributed by atoms with Gasteiger partial charge in [0, 0.05) is 38.2 Å². The Morgan fingerprint density at radius 2 is 1.76 bits per heavy atom. The maximum atomic E-state index is 12.5. The van der Waals surface area contributed by atoms with E-state index in [1.807, 2.05) is 0 Å². The van der Waals surface area contributed by atoms with Gasteiger partial charge in [0.15, 0.2) is 0 Å². The molecule has 1 amide bonds. The molecule has 3 heterocycles. The molecular weight excluding hydrogens is 378 g/mol. The van der Waals surface area contributed by atoms with E-state index in [1.165, 1.54) is 7.11 Å². The number of nitrogens with zero attached hydrogens (tertiary/aromatic N) is 2. The number of hydrogen-bond donors (Lipinski definition) is 3. The van der Waals surface area contributed by atoms with E-state index in [2.05, 4.69) is 15.1 Å². The second-order valence-corrected chi connectivity index (χ2v) is 8.39. The topological polar surface area (TPSA) is 112 Å². The van der Waals surface area contributed by atoms with Gasteiger partial charge in [0.25, 0.3) is 0 Å². The average molecular weight is 414 g/mol. The highest BCUT2D eigenvalue weighted by atomic mass is 16.5. The van der Waals surface area contributed by atoms with Crippen LogP contribution in [0.1, 0.15) is 32.1 Å². The first-order valence-electron chi connectivity index (χ1n) is 10.8. The minimum Gasteiger partial charge on any atom is -0.468 e. The third kappa shape index (κ3) is 6.11. The third-order valence-corrected chi connectivity index (χ3v) is 6.55. The molecule has 3 saturated heterocycles. The molecule has 3 atom stereocenters. The Bertz CT molecular complexity index is 546. The minimum atomic E-state index is -0.948. The van der Waals surface area contributed by atoms with E-state index in [0.29, 0.717) is 25.6 Å². The summed E-state index contributed by atoms with van der Waals surface area (Å²) in [7, 11) is 1.42. The highest BCUT2D eigenvalue weighted by Crippen LogP contribution is 2.24. The Labute approximate surface area is 172 Å². The fraction of sp³-hybridized carbons (Fsp3) is 0.900. The summed E-state index contributed by atoms with van der Waals surface area (Å²) in [5, 5.41) is 22.6. The van der Waals surface area contributed by atoms with Crippen molar-refractivity contribution in [3.05, 3.63) is 0 Å². The predicted molar refractivity (Wildman–Crippen MR) is 105 cm³/mol. The molecule has 166 valence electrons. The standard InChI is InChI=1S/C20H35N3O6/c1-28-18(25)13-22-7-4-15(5-8-22)23-9-2-14(3-10-23)20(27)21-12-17-19(26)16(24)6-11-29-17/h14-17,19,24,26H,2-13H2,1H3,(H,21,27). The number of amides is 1. The van der Waals surface area contributed by atoms with Crippen molar-refractivity contribution < 1.29 is 29.3 Å². The summed E-state index contributed by atoms with van der Waals surface area (Å²) in [6, 6.07) is 0.514. The summed E-state index contributed by atoms with van der Waals surface area (Å²) < 4.78 is 10.2. The van der Waals surface area contributed by atoms with E-state index in [0.717, 1.165) is 51.9 Å². The van der Waals surface area contributed by atoms with Crippen molar-refractivity contribution in [2.24, 2.45) is 5.92 Å². The van der Waals surface area contributed by atoms with Gasteiger partial charge in [-0.2, -0.15) is 0 Å². The third-order valence-electron chi connectivity index (χ3n) is 6.55. The fourth-order valence-corrected chi connectivity index (χ4v) is 4.60. The van der Waals surface area contributed by atoms with Crippen LogP contribution in [0.2, 0.25) is 0 Å². The zero-order valence-corrected chi connectivity index (χ0v) is 17.3. The number of methoxy groups -OCH3 is 1. The first kappa shape index (κ1) is 22.4. The van der Waals surface area contributed by atoms with Crippen molar-refractivity contribution in [1.29, 1.82) is 0 Å². The predicted octanol–water partition coefficient (Wildman–Crippen LogP) is -1.04. The van der Waals surface area contributed by atoms with Crippen LogP contribution < -0.4 is 5.32 Å². The van der Waals surface area contributed by atoms with Gasteiger partial charge in [0.2, 0.25) is 5.91 Å². The number of carbonyl (C=O) groups is 2. The molecule has 0 aromatic heterocycles. The van der Waals surface area contributed by atoms with Crippen LogP contribution in [0.4, 0.5) is 0 Å². The maximum Gasteiger partial charge on any atom is 0.319 e. The van der Waals surface area contributed by atoms with Gasteiger partial charge < -0.3 is 29.9 Å². The quantitative estimate of drug-likeness (QED) is 0.474. The largest absolute Gasteiger partial charge is 0.468 e. The number of esters is 1. The van der Waals surface area contributed by atoms with Crippen LogP contribution in [-0.2, 0) is 19.1 Å². The van der Waals surface area contributed by atoms with Crippen LogP contribution in [0, 0.1) is 5.92 Å². The molecule has 0 radical (unpaired) electrons. The molecule has 0 spiro atoms. The van der Waals surface area contributed by atoms with Gasteiger partial charge in [-0.25, -0.2) is 0 Å². The lowest BCUT2D eigenvalue weighted by Crippen LogP contribution is -2.52. The average Bonchev–Trinajstić information content (AvgIpc) is 2.75. The van der Waals surface area contributed by atoms with Gasteiger partial charge in [0.05, 0.1) is 19.8 Å². The van der Waals surface area contributed by atoms with E-state index < -0.39 is 18.3 Å². The van der Waals surface area contributed by atoms with Crippen LogP contribution in [0.5, 0.6) is 0 Å². The Hall–Kier alpha value is -1.26. The zero-order valence-electron chi connectivity index (χ0n) is 17.3. The lowest BCUT2D eigenvalue weighted by Gasteiger charge is -2.41. The first-order chi connectivity index (χ1) is 14.0. The molecule has 0 aromatic carbocycles. The molecule has 9 heteroatoms. The summed E-state index contributed by atoms with van der Waals surface area (Å²) in [4.78, 5) is 28.5. The smallest absolute Gasteiger partial charge is 0.319 e. The SMILES string of the molecule is COC(=O)CN1CCC(N2CCC(C(=O)NCC3OCCC(O)C3O)CC2)CC1. The van der Waals surface area contributed by atoms with Crippen molar-refractivity contribution in [3.63, 3.8) is 0 Å². The molecule has 0 aliphatic carbocycles. The maximum absolute atomic E-state index is 12.5. The molecule has 3 aliphatic rings. The number of aliphatic hydroxyl groups is 2. The molecule has 3 N–H and O–H groups in total. The number of ether oxygens (including phenoxy) is 2. The number of nitrogens with one attached hydrogen (secondary N) is 1. The van der Waals surface area contributed by atoms with E-state index in [9.17, 15) is 19.8 Å². The van der Waals surface area contributed by atoms with E-state index in [4.69, 9.17) is 9.47 Å². The van der Waals surface area contributed by atoms with Crippen molar-refractivity contribution in [2.75, 3.05) is 53.0 Å². The lowest BCUT2D eigenvalue weighted by molar-refractivity contribution is -0.142. The minimum absolute atomic E-state index is 0.00779. The highest BCUT2D eigenvalue weighted by molar-refractivity contribution is 5.78. The Morgan fingerprint density at radius 3 is 2.41 bits per heavy atom. The number of aliphatic hydroxyl groups excluding tert-OH is 2. The molecule has 9 nitrogen and oxygen atoms in total. The first-order valence-corrected chi connectivity index (χ1v) is 10.8. The number of likely N-dealkylation sites (tertiary alicyclic amines) is 2. The Balaban J connectivity index is 1.35. The highest BCUT2D eigenvalue weighted by Gasteiger charge is 2.34. The molecule has 0 aromatic rings. The normalized spacial score (nSPS) is 30.8. The second kappa shape index (κ2) is 10.7. The van der Waals surface area contributed by atoms with Crippen LogP contribution >= 0.6 is 0 Å². The van der Waals surface area contributed by atoms with Crippen molar-refractivity contribution >= 4 is 11.9 Å². The van der Waals surface area contributed by atoms with Gasteiger partial charge in [-0.1, -0.05) is 0 Å². The fourth-order valence-electron chi connectivity index (χ4n) is 4.60. The summed E-state index contributed by atoms with van der Waals surface area (Å²) in [5.41, 5.74) is 0. The van der Waals surface area contributed by atoms with Gasteiger partial charge in [0.1, 0.15) is 12.2 Å². The van der Waals surface area contributed by atoms with Crippen molar-refractivity contribution in [3.8, 4) is 0 Å². The molecular formula is C20H35N3O6. The van der Waals surface area contributed by atoms with E-state index in [1.54, 1.807) is 0 Å². The summed E-state index contributed by atoms with van der Waals surface area (Å²) in [6.45, 7) is 4.60. The molecule has 0 bridgehead atoms. The van der Waals surface area contributed by atoms with Crippen molar-refractivity contribution in [1.82, 2.24) is 15.1 Å². The van der Waals surface area contributed by atoms with Crippen LogP contribution in [0.3, 0.4) is 0 Å². The summed E-state index contributed by atoms with van der Waals surface area (Å²) in [6.07, 6.45) is 1.86. The van der Waals surface area contributed by atoms with Crippen LogP contribution in [0.15, 0.2) is 0 Å². The summed E-state index contributed by atoms with van der Waals surface area (Å²) >= 11 is 0. The zero-order chi connectivity index (χ0) is 20.8. The molecule has 3 aliphatic heterocycles. The monoisotopic (exact) mass is 413 g/mol. The van der Waals surface area contributed by atoms with Gasteiger partial charge in [-0.3, -0.25) is 14.5 Å². The van der Waals surface area contributed by atoms with Gasteiger partial charge >= 0.3 is 5.97 Å². The molecule has 3 fully saturated rings. The number of carbonyl (C=O) groups excluding carboxylic acids is 2. The molecule has 0 saturated carbocycles. The van der Waals surface area contributed by atoms with Crippen molar-refractivity contribution in [2.45, 2.75) is 56.5 Å². The number of rotatable bonds is 6. The Kier molecular flexibility index (Phi) is 8.25. The second-order valence-electron chi connectivity index (χ2n) is 8.39. The lowest BCUT2D eigenvalue weighted by atomic mass is 9.92. The van der Waals surface area contributed by atoms with E-state index in [-0.39, 0.29) is 24.3 Å².